The normalized spacial score (nSPS) is 7.15. The molecule has 0 unspecified atom stereocenters. The van der Waals surface area contributed by atoms with Crippen LogP contribution in [0.15, 0.2) is 18.3 Å². The Morgan fingerprint density at radius 1 is 1.38 bits per heavy atom. The Morgan fingerprint density at radius 2 is 1.92 bits per heavy atom. The molecule has 1 heterocycles. The van der Waals surface area contributed by atoms with Gasteiger partial charge >= 0.3 is 0 Å². The molecule has 0 amide bonds. The zero-order valence-electron chi connectivity index (χ0n) is 8.74. The third-order valence-corrected chi connectivity index (χ3v) is 1.06. The number of aromatic nitrogens is 1. The lowest BCUT2D eigenvalue weighted by atomic mass is 10.2. The van der Waals surface area contributed by atoms with E-state index in [-0.39, 0.29) is 0 Å². The zero-order chi connectivity index (χ0) is 10.7. The van der Waals surface area contributed by atoms with Gasteiger partial charge in [-0.1, -0.05) is 13.8 Å². The lowest BCUT2D eigenvalue weighted by molar-refractivity contribution is 0.111. The first-order chi connectivity index (χ1) is 6.33. The molecule has 0 aliphatic rings. The number of nitrogens with two attached hydrogens (primary N) is 1. The summed E-state index contributed by atoms with van der Waals surface area (Å²) in [5.41, 5.74) is 6.06. The van der Waals surface area contributed by atoms with Gasteiger partial charge in [0.15, 0.2) is 6.29 Å². The summed E-state index contributed by atoms with van der Waals surface area (Å²) in [6, 6.07) is 3.60. The van der Waals surface area contributed by atoms with Crippen LogP contribution >= 0.6 is 0 Å². The minimum Gasteiger partial charge on any atom is -0.333 e. The Hall–Kier alpha value is -1.22. The Balaban J connectivity index is 0. The number of carbonyl (C=O) groups is 1. The van der Waals surface area contributed by atoms with Gasteiger partial charge in [0.05, 0.1) is 0 Å². The molecule has 0 saturated heterocycles. The average molecular weight is 182 g/mol. The fourth-order valence-corrected chi connectivity index (χ4v) is 0.624. The lowest BCUT2D eigenvalue weighted by Gasteiger charge is -1.89. The van der Waals surface area contributed by atoms with Gasteiger partial charge in [-0.3, -0.25) is 9.78 Å². The second-order valence-corrected chi connectivity index (χ2v) is 1.88. The molecule has 0 radical (unpaired) electrons. The van der Waals surface area contributed by atoms with Crippen molar-refractivity contribution >= 4 is 6.29 Å². The second kappa shape index (κ2) is 10.8. The molecule has 0 aliphatic heterocycles. The van der Waals surface area contributed by atoms with Crippen LogP contribution in [0, 0.1) is 6.92 Å². The van der Waals surface area contributed by atoms with Gasteiger partial charge in [0, 0.05) is 6.20 Å². The van der Waals surface area contributed by atoms with Crippen molar-refractivity contribution in [2.45, 2.75) is 20.8 Å². The fourth-order valence-electron chi connectivity index (χ4n) is 0.624. The van der Waals surface area contributed by atoms with E-state index in [4.69, 9.17) is 0 Å². The highest BCUT2D eigenvalue weighted by Crippen LogP contribution is 1.95. The minimum absolute atomic E-state index is 0.495. The van der Waals surface area contributed by atoms with E-state index < -0.39 is 0 Å². The zero-order valence-corrected chi connectivity index (χ0v) is 8.74. The lowest BCUT2D eigenvalue weighted by Crippen LogP contribution is -1.84. The van der Waals surface area contributed by atoms with Crippen LogP contribution in [-0.2, 0) is 0 Å². The van der Waals surface area contributed by atoms with Crippen molar-refractivity contribution in [1.82, 2.24) is 4.98 Å². The molecule has 2 N–H and O–H groups in total. The molecule has 1 aromatic rings. The van der Waals surface area contributed by atoms with Crippen molar-refractivity contribution in [3.8, 4) is 0 Å². The van der Waals surface area contributed by atoms with E-state index >= 15 is 0 Å². The number of hydrogen-bond donors (Lipinski definition) is 1. The topological polar surface area (TPSA) is 56.0 Å². The van der Waals surface area contributed by atoms with Gasteiger partial charge < -0.3 is 5.73 Å². The van der Waals surface area contributed by atoms with E-state index in [0.29, 0.717) is 5.69 Å². The number of carbonyl (C=O) groups excluding carboxylic acids is 1. The number of aldehydes is 1. The van der Waals surface area contributed by atoms with Crippen LogP contribution in [0.5, 0.6) is 0 Å². The minimum atomic E-state index is 0.495. The molecule has 0 fully saturated rings. The van der Waals surface area contributed by atoms with Crippen molar-refractivity contribution < 1.29 is 4.79 Å². The molecule has 0 bridgehead atoms. The predicted molar refractivity (Wildman–Crippen MR) is 55.8 cm³/mol. The maximum absolute atomic E-state index is 10.1. The summed E-state index contributed by atoms with van der Waals surface area (Å²) in [5, 5.41) is 0. The van der Waals surface area contributed by atoms with Gasteiger partial charge in [-0.05, 0) is 31.7 Å². The highest BCUT2D eigenvalue weighted by molar-refractivity contribution is 5.71. The highest BCUT2D eigenvalue weighted by Gasteiger charge is 1.87. The van der Waals surface area contributed by atoms with Crippen LogP contribution in [0.4, 0.5) is 0 Å². The Morgan fingerprint density at radius 3 is 2.23 bits per heavy atom. The summed E-state index contributed by atoms with van der Waals surface area (Å²) in [5.74, 6) is 0. The van der Waals surface area contributed by atoms with Crippen molar-refractivity contribution in [3.05, 3.63) is 29.6 Å². The van der Waals surface area contributed by atoms with Crippen molar-refractivity contribution in [2.75, 3.05) is 7.05 Å². The molecule has 0 spiro atoms. The maximum Gasteiger partial charge on any atom is 0.168 e. The summed E-state index contributed by atoms with van der Waals surface area (Å²) in [4.78, 5) is 13.9. The summed E-state index contributed by atoms with van der Waals surface area (Å²) in [6.07, 6.45) is 2.37. The smallest absolute Gasteiger partial charge is 0.168 e. The van der Waals surface area contributed by atoms with Crippen molar-refractivity contribution in [2.24, 2.45) is 5.73 Å². The molecule has 1 aromatic heterocycles. The third kappa shape index (κ3) is 7.15. The standard InChI is InChI=1S/C7H7NO.C2H6.CH5N/c1-6-2-3-8-7(4-6)5-9;2*1-2/h2-5H,1H3;1-2H3;2H2,1H3. The van der Waals surface area contributed by atoms with E-state index in [9.17, 15) is 4.79 Å². The Kier molecular flexibility index (Phi) is 11.9. The van der Waals surface area contributed by atoms with Gasteiger partial charge in [0.25, 0.3) is 0 Å². The SMILES string of the molecule is CC.CN.Cc1ccnc(C=O)c1. The number of hydrogen-bond acceptors (Lipinski definition) is 3. The molecular weight excluding hydrogens is 164 g/mol. The first-order valence-electron chi connectivity index (χ1n) is 4.28. The Bertz CT molecular complexity index is 224. The number of rotatable bonds is 1. The maximum atomic E-state index is 10.1. The number of aryl methyl sites for hydroxylation is 1. The molecule has 0 saturated carbocycles. The quantitative estimate of drug-likeness (QED) is 0.674. The molecule has 0 aliphatic carbocycles. The molecule has 0 atom stereocenters. The first kappa shape index (κ1) is 14.3. The second-order valence-electron chi connectivity index (χ2n) is 1.88. The molecule has 1 rings (SSSR count). The molecule has 0 aromatic carbocycles. The van der Waals surface area contributed by atoms with Crippen LogP contribution in [0.2, 0.25) is 0 Å². The largest absolute Gasteiger partial charge is 0.333 e. The fraction of sp³-hybridized carbons (Fsp3) is 0.400. The van der Waals surface area contributed by atoms with Crippen LogP contribution in [0.25, 0.3) is 0 Å². The monoisotopic (exact) mass is 182 g/mol. The van der Waals surface area contributed by atoms with Crippen LogP contribution in [0.3, 0.4) is 0 Å². The predicted octanol–water partition coefficient (Wildman–Crippen LogP) is 1.80. The average Bonchev–Trinajstić information content (AvgIpc) is 2.24. The molecule has 74 valence electrons. The van der Waals surface area contributed by atoms with Gasteiger partial charge in [-0.15, -0.1) is 0 Å². The van der Waals surface area contributed by atoms with Crippen LogP contribution in [0.1, 0.15) is 29.9 Å². The summed E-state index contributed by atoms with van der Waals surface area (Å²) >= 11 is 0. The van der Waals surface area contributed by atoms with E-state index in [1.165, 1.54) is 7.05 Å². The molecule has 3 heteroatoms. The van der Waals surface area contributed by atoms with E-state index in [1.807, 2.05) is 26.8 Å². The molecule has 3 nitrogen and oxygen atoms in total. The van der Waals surface area contributed by atoms with Crippen molar-refractivity contribution in [1.29, 1.82) is 0 Å². The van der Waals surface area contributed by atoms with Gasteiger partial charge in [-0.25, -0.2) is 0 Å². The van der Waals surface area contributed by atoms with Crippen LogP contribution in [-0.4, -0.2) is 18.3 Å². The molecule has 13 heavy (non-hydrogen) atoms. The summed E-state index contributed by atoms with van der Waals surface area (Å²) in [6.45, 7) is 5.93. The van der Waals surface area contributed by atoms with Crippen molar-refractivity contribution in [3.63, 3.8) is 0 Å². The van der Waals surface area contributed by atoms with Gasteiger partial charge in [-0.2, -0.15) is 0 Å². The first-order valence-corrected chi connectivity index (χ1v) is 4.28. The number of pyridine rings is 1. The van der Waals surface area contributed by atoms with Gasteiger partial charge in [0.1, 0.15) is 5.69 Å². The Labute approximate surface area is 80.0 Å². The summed E-state index contributed by atoms with van der Waals surface area (Å²) < 4.78 is 0. The van der Waals surface area contributed by atoms with Crippen LogP contribution < -0.4 is 5.73 Å². The summed E-state index contributed by atoms with van der Waals surface area (Å²) in [7, 11) is 1.50. The van der Waals surface area contributed by atoms with E-state index in [0.717, 1.165) is 11.8 Å². The molecular formula is C10H18N2O. The van der Waals surface area contributed by atoms with Gasteiger partial charge in [0.2, 0.25) is 0 Å². The third-order valence-electron chi connectivity index (χ3n) is 1.06. The van der Waals surface area contributed by atoms with E-state index in [2.05, 4.69) is 10.7 Å². The van der Waals surface area contributed by atoms with E-state index in [1.54, 1.807) is 12.3 Å². The number of nitrogens with zero attached hydrogens (tertiary/aromatic N) is 1. The highest BCUT2D eigenvalue weighted by atomic mass is 16.1.